The van der Waals surface area contributed by atoms with E-state index >= 15 is 0 Å². The van der Waals surface area contributed by atoms with Crippen LogP contribution >= 0.6 is 0 Å². The van der Waals surface area contributed by atoms with Gasteiger partial charge in [-0.05, 0) is 43.2 Å². The van der Waals surface area contributed by atoms with Gasteiger partial charge < -0.3 is 20.5 Å². The lowest BCUT2D eigenvalue weighted by atomic mass is 10.1. The Kier molecular flexibility index (Phi) is 6.49. The third-order valence-corrected chi connectivity index (χ3v) is 3.56. The quantitative estimate of drug-likeness (QED) is 0.564. The lowest BCUT2D eigenvalue weighted by molar-refractivity contribution is 0.408. The van der Waals surface area contributed by atoms with Crippen LogP contribution in [0.2, 0.25) is 0 Å². The number of nitrogens with one attached hydrogen (secondary N) is 2. The second-order valence-electron chi connectivity index (χ2n) is 5.53. The van der Waals surface area contributed by atoms with Gasteiger partial charge in [0.2, 0.25) is 0 Å². The van der Waals surface area contributed by atoms with Gasteiger partial charge in [-0.2, -0.15) is 0 Å². The van der Waals surface area contributed by atoms with E-state index in [4.69, 9.17) is 4.74 Å². The van der Waals surface area contributed by atoms with Crippen LogP contribution in [0.25, 0.3) is 0 Å². The minimum absolute atomic E-state index is 0.255. The highest BCUT2D eigenvalue weighted by Gasteiger charge is 2.05. The lowest BCUT2D eigenvalue weighted by Gasteiger charge is -2.14. The first-order valence-corrected chi connectivity index (χ1v) is 8.06. The Bertz CT molecular complexity index is 699. The van der Waals surface area contributed by atoms with Crippen molar-refractivity contribution >= 4 is 5.96 Å². The Morgan fingerprint density at radius 1 is 1.17 bits per heavy atom. The fraction of sp³-hybridized carbons (Fsp3) is 0.316. The van der Waals surface area contributed by atoms with Crippen molar-refractivity contribution in [2.45, 2.75) is 26.9 Å². The summed E-state index contributed by atoms with van der Waals surface area (Å²) in [5.74, 6) is 1.85. The lowest BCUT2D eigenvalue weighted by Crippen LogP contribution is -2.36. The standard InChI is InChI=1S/C19H25N3O2/c1-4-20-19(21-12-15-6-5-7-17(23)11-15)22-13-16-9-8-14(2)10-18(16)24-3/h5-11,23H,4,12-13H2,1-3H3,(H2,20,21,22). The number of methoxy groups -OCH3 is 1. The minimum atomic E-state index is 0.255. The van der Waals surface area contributed by atoms with Crippen LogP contribution in [-0.2, 0) is 13.1 Å². The summed E-state index contributed by atoms with van der Waals surface area (Å²) >= 11 is 0. The first-order valence-electron chi connectivity index (χ1n) is 8.06. The average molecular weight is 327 g/mol. The summed E-state index contributed by atoms with van der Waals surface area (Å²) in [6.07, 6.45) is 0. The molecular weight excluding hydrogens is 302 g/mol. The molecule has 0 unspecified atom stereocenters. The van der Waals surface area contributed by atoms with E-state index in [0.29, 0.717) is 13.1 Å². The molecule has 0 aromatic heterocycles. The molecule has 0 amide bonds. The summed E-state index contributed by atoms with van der Waals surface area (Å²) in [4.78, 5) is 4.56. The first-order chi connectivity index (χ1) is 11.6. The maximum Gasteiger partial charge on any atom is 0.191 e. The molecule has 0 radical (unpaired) electrons. The number of aryl methyl sites for hydroxylation is 1. The molecule has 128 valence electrons. The zero-order valence-electron chi connectivity index (χ0n) is 14.5. The van der Waals surface area contributed by atoms with Crippen molar-refractivity contribution in [2.24, 2.45) is 4.99 Å². The number of phenols is 1. The molecule has 24 heavy (non-hydrogen) atoms. The first kappa shape index (κ1) is 17.7. The van der Waals surface area contributed by atoms with Crippen LogP contribution in [0.15, 0.2) is 47.5 Å². The van der Waals surface area contributed by atoms with E-state index in [0.717, 1.165) is 29.4 Å². The van der Waals surface area contributed by atoms with Crippen molar-refractivity contribution in [3.8, 4) is 11.5 Å². The van der Waals surface area contributed by atoms with Crippen molar-refractivity contribution < 1.29 is 9.84 Å². The Labute approximate surface area is 143 Å². The molecule has 5 heteroatoms. The van der Waals surface area contributed by atoms with Gasteiger partial charge in [-0.25, -0.2) is 4.99 Å². The van der Waals surface area contributed by atoms with E-state index in [1.54, 1.807) is 19.2 Å². The summed E-state index contributed by atoms with van der Waals surface area (Å²) in [6.45, 7) is 5.96. The largest absolute Gasteiger partial charge is 0.508 e. The normalized spacial score (nSPS) is 11.2. The van der Waals surface area contributed by atoms with Gasteiger partial charge in [0.15, 0.2) is 5.96 Å². The van der Waals surface area contributed by atoms with Crippen molar-refractivity contribution in [3.05, 3.63) is 59.2 Å². The molecule has 0 aliphatic rings. The summed E-state index contributed by atoms with van der Waals surface area (Å²) in [5, 5.41) is 16.1. The van der Waals surface area contributed by atoms with Gasteiger partial charge >= 0.3 is 0 Å². The number of aliphatic imine (C=N–C) groups is 1. The van der Waals surface area contributed by atoms with Gasteiger partial charge in [-0.3, -0.25) is 0 Å². The Morgan fingerprint density at radius 2 is 2.00 bits per heavy atom. The fourth-order valence-electron chi connectivity index (χ4n) is 2.34. The maximum absolute atomic E-state index is 9.52. The Morgan fingerprint density at radius 3 is 2.71 bits per heavy atom. The van der Waals surface area contributed by atoms with Crippen molar-refractivity contribution in [1.29, 1.82) is 0 Å². The third kappa shape index (κ3) is 5.19. The highest BCUT2D eigenvalue weighted by atomic mass is 16.5. The summed E-state index contributed by atoms with van der Waals surface area (Å²) in [7, 11) is 1.68. The fourth-order valence-corrected chi connectivity index (χ4v) is 2.34. The van der Waals surface area contributed by atoms with Crippen molar-refractivity contribution in [2.75, 3.05) is 13.7 Å². The molecule has 0 atom stereocenters. The Hall–Kier alpha value is -2.69. The monoisotopic (exact) mass is 327 g/mol. The van der Waals surface area contributed by atoms with E-state index in [1.165, 1.54) is 5.56 Å². The molecule has 0 saturated heterocycles. The minimum Gasteiger partial charge on any atom is -0.508 e. The van der Waals surface area contributed by atoms with Gasteiger partial charge in [-0.1, -0.05) is 24.3 Å². The van der Waals surface area contributed by atoms with Crippen LogP contribution in [0.1, 0.15) is 23.6 Å². The predicted octanol–water partition coefficient (Wildman–Crippen LogP) is 2.96. The van der Waals surface area contributed by atoms with E-state index < -0.39 is 0 Å². The highest BCUT2D eigenvalue weighted by Crippen LogP contribution is 2.19. The SMILES string of the molecule is CCNC(=NCc1cccc(O)c1)NCc1ccc(C)cc1OC. The zero-order valence-corrected chi connectivity index (χ0v) is 14.5. The summed E-state index contributed by atoms with van der Waals surface area (Å²) in [5.41, 5.74) is 3.20. The summed E-state index contributed by atoms with van der Waals surface area (Å²) in [6, 6.07) is 13.3. The molecular formula is C19H25N3O2. The number of benzene rings is 2. The number of nitrogens with zero attached hydrogens (tertiary/aromatic N) is 1. The van der Waals surface area contributed by atoms with Crippen LogP contribution in [0.5, 0.6) is 11.5 Å². The van der Waals surface area contributed by atoms with Gasteiger partial charge in [0, 0.05) is 18.7 Å². The number of rotatable bonds is 6. The van der Waals surface area contributed by atoms with E-state index in [9.17, 15) is 5.11 Å². The smallest absolute Gasteiger partial charge is 0.191 e. The van der Waals surface area contributed by atoms with Gasteiger partial charge in [0.1, 0.15) is 11.5 Å². The van der Waals surface area contributed by atoms with Crippen LogP contribution in [-0.4, -0.2) is 24.7 Å². The number of hydrogen-bond acceptors (Lipinski definition) is 3. The number of hydrogen-bond donors (Lipinski definition) is 3. The van der Waals surface area contributed by atoms with Crippen LogP contribution in [0, 0.1) is 6.92 Å². The molecule has 0 aliphatic heterocycles. The molecule has 2 rings (SSSR count). The molecule has 0 saturated carbocycles. The summed E-state index contributed by atoms with van der Waals surface area (Å²) < 4.78 is 5.43. The van der Waals surface area contributed by atoms with Crippen molar-refractivity contribution in [1.82, 2.24) is 10.6 Å². The number of aromatic hydroxyl groups is 1. The second-order valence-corrected chi connectivity index (χ2v) is 5.53. The molecule has 2 aromatic rings. The van der Waals surface area contributed by atoms with Crippen LogP contribution in [0.3, 0.4) is 0 Å². The molecule has 2 aromatic carbocycles. The van der Waals surface area contributed by atoms with Crippen LogP contribution < -0.4 is 15.4 Å². The number of guanidine groups is 1. The molecule has 5 nitrogen and oxygen atoms in total. The third-order valence-electron chi connectivity index (χ3n) is 3.56. The topological polar surface area (TPSA) is 65.9 Å². The van der Waals surface area contributed by atoms with Gasteiger partial charge in [-0.15, -0.1) is 0 Å². The number of ether oxygens (including phenoxy) is 1. The van der Waals surface area contributed by atoms with E-state index in [-0.39, 0.29) is 5.75 Å². The molecule has 0 aliphatic carbocycles. The molecule has 0 fully saturated rings. The predicted molar refractivity (Wildman–Crippen MR) is 97.5 cm³/mol. The van der Waals surface area contributed by atoms with Gasteiger partial charge in [0.05, 0.1) is 13.7 Å². The van der Waals surface area contributed by atoms with Crippen LogP contribution in [0.4, 0.5) is 0 Å². The molecule has 3 N–H and O–H groups in total. The molecule has 0 heterocycles. The van der Waals surface area contributed by atoms with Crippen molar-refractivity contribution in [3.63, 3.8) is 0 Å². The van der Waals surface area contributed by atoms with Gasteiger partial charge in [0.25, 0.3) is 0 Å². The number of phenolic OH excluding ortho intramolecular Hbond substituents is 1. The average Bonchev–Trinajstić information content (AvgIpc) is 2.58. The zero-order chi connectivity index (χ0) is 17.4. The molecule has 0 bridgehead atoms. The molecule has 0 spiro atoms. The maximum atomic E-state index is 9.52. The highest BCUT2D eigenvalue weighted by molar-refractivity contribution is 5.79. The van der Waals surface area contributed by atoms with E-state index in [1.807, 2.05) is 32.0 Å². The second kappa shape index (κ2) is 8.82. The van der Waals surface area contributed by atoms with E-state index in [2.05, 4.69) is 27.8 Å². The Balaban J connectivity index is 2.04.